The molecule has 7 nitrogen and oxygen atoms in total. The van der Waals surface area contributed by atoms with Crippen LogP contribution in [0, 0.1) is 0 Å². The highest BCUT2D eigenvalue weighted by molar-refractivity contribution is 7.89. The first-order chi connectivity index (χ1) is 11.3. The van der Waals surface area contributed by atoms with Crippen LogP contribution >= 0.6 is 0 Å². The maximum atomic E-state index is 12.2. The normalized spacial score (nSPS) is 21.5. The summed E-state index contributed by atoms with van der Waals surface area (Å²) in [5.41, 5.74) is 0. The van der Waals surface area contributed by atoms with Gasteiger partial charge in [0.1, 0.15) is 5.75 Å². The van der Waals surface area contributed by atoms with Gasteiger partial charge >= 0.3 is 0 Å². The molecule has 1 N–H and O–H groups in total. The number of ether oxygens (including phenoxy) is 2. The van der Waals surface area contributed by atoms with Crippen molar-refractivity contribution in [1.29, 1.82) is 0 Å². The molecule has 1 aromatic carbocycles. The Morgan fingerprint density at radius 2 is 1.83 bits per heavy atom. The Bertz CT molecular complexity index is 650. The molecule has 0 aromatic heterocycles. The van der Waals surface area contributed by atoms with Gasteiger partial charge in [0.25, 0.3) is 0 Å². The maximum Gasteiger partial charge on any atom is 0.240 e. The molecule has 1 aliphatic rings. The maximum absolute atomic E-state index is 12.2. The van der Waals surface area contributed by atoms with E-state index in [9.17, 15) is 13.2 Å². The second-order valence-corrected chi connectivity index (χ2v) is 7.65. The fourth-order valence-corrected chi connectivity index (χ4v) is 3.70. The van der Waals surface area contributed by atoms with E-state index in [0.29, 0.717) is 18.8 Å². The number of methoxy groups -OCH3 is 1. The largest absolute Gasteiger partial charge is 0.497 e. The molecule has 2 atom stereocenters. The summed E-state index contributed by atoms with van der Waals surface area (Å²) < 4.78 is 37.4. The topological polar surface area (TPSA) is 84.9 Å². The van der Waals surface area contributed by atoms with Crippen molar-refractivity contribution in [3.63, 3.8) is 0 Å². The van der Waals surface area contributed by atoms with Crippen LogP contribution in [-0.4, -0.2) is 58.2 Å². The predicted molar refractivity (Wildman–Crippen MR) is 89.4 cm³/mol. The highest BCUT2D eigenvalue weighted by Gasteiger charge is 2.25. The first-order valence-corrected chi connectivity index (χ1v) is 9.37. The Labute approximate surface area is 143 Å². The average molecular weight is 356 g/mol. The van der Waals surface area contributed by atoms with E-state index in [-0.39, 0.29) is 36.0 Å². The van der Waals surface area contributed by atoms with Gasteiger partial charge < -0.3 is 14.4 Å². The van der Waals surface area contributed by atoms with Gasteiger partial charge in [-0.2, -0.15) is 0 Å². The van der Waals surface area contributed by atoms with Gasteiger partial charge in [-0.05, 0) is 38.1 Å². The second-order valence-electron chi connectivity index (χ2n) is 5.88. The number of carbonyl (C=O) groups is 1. The monoisotopic (exact) mass is 356 g/mol. The number of carbonyl (C=O) groups excluding carboxylic acids is 1. The first-order valence-electron chi connectivity index (χ1n) is 7.89. The zero-order valence-corrected chi connectivity index (χ0v) is 15.0. The van der Waals surface area contributed by atoms with E-state index in [1.165, 1.54) is 19.2 Å². The minimum absolute atomic E-state index is 0.00584. The molecule has 0 bridgehead atoms. The fourth-order valence-electron chi connectivity index (χ4n) is 2.67. The molecule has 0 spiro atoms. The standard InChI is InChI=1S/C16H24N2O5S/c1-12-10-18(11-13(2)23-12)16(19)8-9-17-24(20,21)15-6-4-14(22-3)5-7-15/h4-7,12-13,17H,8-11H2,1-3H3/t12-,13-/m1/s1. The van der Waals surface area contributed by atoms with E-state index in [0.717, 1.165) is 0 Å². The van der Waals surface area contributed by atoms with E-state index in [1.807, 2.05) is 13.8 Å². The first kappa shape index (κ1) is 18.7. The zero-order valence-electron chi connectivity index (χ0n) is 14.2. The molecule has 0 aliphatic carbocycles. The van der Waals surface area contributed by atoms with Crippen molar-refractivity contribution in [2.75, 3.05) is 26.7 Å². The summed E-state index contributed by atoms with van der Waals surface area (Å²) in [7, 11) is -2.12. The van der Waals surface area contributed by atoms with Crippen LogP contribution < -0.4 is 9.46 Å². The van der Waals surface area contributed by atoms with Gasteiger partial charge in [0.05, 0.1) is 24.2 Å². The smallest absolute Gasteiger partial charge is 0.240 e. The van der Waals surface area contributed by atoms with Crippen LogP contribution in [0.25, 0.3) is 0 Å². The number of nitrogens with zero attached hydrogens (tertiary/aromatic N) is 1. The summed E-state index contributed by atoms with van der Waals surface area (Å²) >= 11 is 0. The second kappa shape index (κ2) is 7.96. The molecule has 8 heteroatoms. The van der Waals surface area contributed by atoms with Crippen LogP contribution in [-0.2, 0) is 19.6 Å². The van der Waals surface area contributed by atoms with E-state index >= 15 is 0 Å². The number of sulfonamides is 1. The van der Waals surface area contributed by atoms with Crippen molar-refractivity contribution in [3.05, 3.63) is 24.3 Å². The molecule has 0 unspecified atom stereocenters. The summed E-state index contributed by atoms with van der Waals surface area (Å²) in [4.78, 5) is 14.1. The van der Waals surface area contributed by atoms with Crippen molar-refractivity contribution in [3.8, 4) is 5.75 Å². The Kier molecular flexibility index (Phi) is 6.20. The van der Waals surface area contributed by atoms with Gasteiger partial charge in [0, 0.05) is 26.1 Å². The molecule has 24 heavy (non-hydrogen) atoms. The molecule has 1 fully saturated rings. The third-order valence-electron chi connectivity index (χ3n) is 3.77. The van der Waals surface area contributed by atoms with Gasteiger partial charge in [-0.1, -0.05) is 0 Å². The Morgan fingerprint density at radius 3 is 2.38 bits per heavy atom. The molecule has 1 aromatic rings. The van der Waals surface area contributed by atoms with Crippen molar-refractivity contribution in [2.24, 2.45) is 0 Å². The number of amides is 1. The molecular weight excluding hydrogens is 332 g/mol. The molecule has 1 aliphatic heterocycles. The summed E-state index contributed by atoms with van der Waals surface area (Å²) in [5.74, 6) is 0.508. The van der Waals surface area contributed by atoms with Crippen LogP contribution in [0.5, 0.6) is 5.75 Å². The summed E-state index contributed by atoms with van der Waals surface area (Å²) in [6, 6.07) is 6.09. The molecule has 0 radical (unpaired) electrons. The number of benzene rings is 1. The molecule has 1 saturated heterocycles. The van der Waals surface area contributed by atoms with Crippen LogP contribution in [0.15, 0.2) is 29.2 Å². The third kappa shape index (κ3) is 4.93. The van der Waals surface area contributed by atoms with E-state index in [4.69, 9.17) is 9.47 Å². The van der Waals surface area contributed by atoms with Crippen molar-refractivity contribution in [2.45, 2.75) is 37.4 Å². The molecule has 1 amide bonds. The van der Waals surface area contributed by atoms with Gasteiger partial charge in [-0.15, -0.1) is 0 Å². The number of morpholine rings is 1. The summed E-state index contributed by atoms with van der Waals surface area (Å²) in [5, 5.41) is 0. The van der Waals surface area contributed by atoms with Crippen LogP contribution in [0.3, 0.4) is 0 Å². The lowest BCUT2D eigenvalue weighted by Gasteiger charge is -2.35. The van der Waals surface area contributed by atoms with Crippen LogP contribution in [0.4, 0.5) is 0 Å². The van der Waals surface area contributed by atoms with Crippen molar-refractivity contribution >= 4 is 15.9 Å². The number of hydrogen-bond donors (Lipinski definition) is 1. The fraction of sp³-hybridized carbons (Fsp3) is 0.562. The minimum atomic E-state index is -3.63. The summed E-state index contributed by atoms with van der Waals surface area (Å²) in [6.07, 6.45) is 0.108. The minimum Gasteiger partial charge on any atom is -0.497 e. The van der Waals surface area contributed by atoms with Gasteiger partial charge in [-0.3, -0.25) is 4.79 Å². The Balaban J connectivity index is 1.86. The number of rotatable bonds is 6. The van der Waals surface area contributed by atoms with Crippen molar-refractivity contribution in [1.82, 2.24) is 9.62 Å². The molecule has 1 heterocycles. The highest BCUT2D eigenvalue weighted by Crippen LogP contribution is 2.15. The average Bonchev–Trinajstić information content (AvgIpc) is 2.53. The lowest BCUT2D eigenvalue weighted by atomic mass is 10.2. The molecular formula is C16H24N2O5S. The van der Waals surface area contributed by atoms with E-state index in [1.54, 1.807) is 17.0 Å². The highest BCUT2D eigenvalue weighted by atomic mass is 32.2. The van der Waals surface area contributed by atoms with Crippen LogP contribution in [0.1, 0.15) is 20.3 Å². The molecule has 134 valence electrons. The van der Waals surface area contributed by atoms with Gasteiger partial charge in [-0.25, -0.2) is 13.1 Å². The van der Waals surface area contributed by atoms with Crippen molar-refractivity contribution < 1.29 is 22.7 Å². The third-order valence-corrected chi connectivity index (χ3v) is 5.25. The van der Waals surface area contributed by atoms with Gasteiger partial charge in [0.2, 0.25) is 15.9 Å². The quantitative estimate of drug-likeness (QED) is 0.822. The molecule has 2 rings (SSSR count). The van der Waals surface area contributed by atoms with Crippen LogP contribution in [0.2, 0.25) is 0 Å². The lowest BCUT2D eigenvalue weighted by molar-refractivity contribution is -0.143. The van der Waals surface area contributed by atoms with E-state index < -0.39 is 10.0 Å². The summed E-state index contributed by atoms with van der Waals surface area (Å²) in [6.45, 7) is 4.97. The number of hydrogen-bond acceptors (Lipinski definition) is 5. The van der Waals surface area contributed by atoms with E-state index in [2.05, 4.69) is 4.72 Å². The van der Waals surface area contributed by atoms with Gasteiger partial charge in [0.15, 0.2) is 0 Å². The lowest BCUT2D eigenvalue weighted by Crippen LogP contribution is -2.48. The predicted octanol–water partition coefficient (Wildman–Crippen LogP) is 0.999. The Hall–Kier alpha value is -1.64. The Morgan fingerprint density at radius 1 is 1.25 bits per heavy atom. The zero-order chi connectivity index (χ0) is 17.7. The SMILES string of the molecule is COc1ccc(S(=O)(=O)NCCC(=O)N2C[C@@H](C)O[C@H](C)C2)cc1. The molecule has 0 saturated carbocycles. The number of nitrogens with one attached hydrogen (secondary N) is 1.